The molecule has 0 fully saturated rings. The van der Waals surface area contributed by atoms with Gasteiger partial charge in [0.05, 0.1) is 5.69 Å². The Morgan fingerprint density at radius 1 is 0.259 bits per heavy atom. The Balaban J connectivity index is 1.08. The van der Waals surface area contributed by atoms with E-state index in [0.717, 1.165) is 11.3 Å². The number of aromatic nitrogens is 1. The first-order valence-corrected chi connectivity index (χ1v) is 18.7. The molecule has 1 nitrogen and oxygen atoms in total. The van der Waals surface area contributed by atoms with Gasteiger partial charge in [0.2, 0.25) is 0 Å². The van der Waals surface area contributed by atoms with Crippen LogP contribution in [0.3, 0.4) is 0 Å². The Morgan fingerprint density at radius 2 is 0.704 bits per heavy atom. The monoisotopic (exact) mass is 681 g/mol. The van der Waals surface area contributed by atoms with Crippen molar-refractivity contribution in [2.24, 2.45) is 0 Å². The molecule has 0 saturated carbocycles. The average molecular weight is 682 g/mol. The molecule has 2 aliphatic carbocycles. The van der Waals surface area contributed by atoms with Crippen LogP contribution in [0.15, 0.2) is 188 Å². The quantitative estimate of drug-likeness (QED) is 0.180. The van der Waals surface area contributed by atoms with Gasteiger partial charge in [0.15, 0.2) is 0 Å². The largest absolute Gasteiger partial charge is 0.256 e. The van der Waals surface area contributed by atoms with Gasteiger partial charge >= 0.3 is 0 Å². The van der Waals surface area contributed by atoms with E-state index in [1.807, 2.05) is 18.3 Å². The van der Waals surface area contributed by atoms with Crippen LogP contribution in [-0.2, 0) is 0 Å². The van der Waals surface area contributed by atoms with Crippen molar-refractivity contribution < 1.29 is 0 Å². The van der Waals surface area contributed by atoms with E-state index in [-0.39, 0.29) is 0 Å². The first-order valence-electron chi connectivity index (χ1n) is 18.7. The lowest BCUT2D eigenvalue weighted by Gasteiger charge is -2.16. The molecular weight excluding hydrogens is 651 g/mol. The topological polar surface area (TPSA) is 12.9 Å². The molecule has 1 heterocycles. The number of nitrogens with zero attached hydrogens (tertiary/aromatic N) is 1. The molecule has 9 aromatic carbocycles. The molecule has 0 radical (unpaired) electrons. The normalized spacial score (nSPS) is 12.1. The maximum atomic E-state index is 4.59. The van der Waals surface area contributed by atoms with Crippen molar-refractivity contribution in [3.05, 3.63) is 188 Å². The summed E-state index contributed by atoms with van der Waals surface area (Å²) in [6.45, 7) is 0. The highest BCUT2D eigenvalue weighted by atomic mass is 14.7. The van der Waals surface area contributed by atoms with E-state index in [9.17, 15) is 0 Å². The summed E-state index contributed by atoms with van der Waals surface area (Å²) >= 11 is 0. The van der Waals surface area contributed by atoms with Gasteiger partial charge in [0.1, 0.15) is 0 Å². The molecule has 54 heavy (non-hydrogen) atoms. The van der Waals surface area contributed by atoms with E-state index in [1.165, 1.54) is 110 Å². The first kappa shape index (κ1) is 29.5. The third-order valence-electron chi connectivity index (χ3n) is 11.8. The Hall–Kier alpha value is -7.09. The van der Waals surface area contributed by atoms with Gasteiger partial charge in [-0.15, -0.1) is 0 Å². The van der Waals surface area contributed by atoms with Gasteiger partial charge in [0.25, 0.3) is 0 Å². The molecule has 0 bridgehead atoms. The lowest BCUT2D eigenvalue weighted by atomic mass is 9.88. The smallest absolute Gasteiger partial charge is 0.0702 e. The molecule has 12 rings (SSSR count). The van der Waals surface area contributed by atoms with E-state index < -0.39 is 0 Å². The summed E-state index contributed by atoms with van der Waals surface area (Å²) in [4.78, 5) is 4.59. The van der Waals surface area contributed by atoms with Crippen molar-refractivity contribution >= 4 is 32.3 Å². The number of hydrogen-bond acceptors (Lipinski definition) is 1. The van der Waals surface area contributed by atoms with Gasteiger partial charge in [-0.05, 0) is 153 Å². The summed E-state index contributed by atoms with van der Waals surface area (Å²) < 4.78 is 0. The SMILES string of the molecule is c1ccc(-c2ccc3cc(-c4cc(-c5ccc6c7c(cccc57)-c5ccccc5-6)cc(-c5ccc6c7c(cccc57)-c5ccccc5-6)c4)ccc3c2)nc1. The molecule has 0 aliphatic heterocycles. The molecule has 2 aliphatic rings. The van der Waals surface area contributed by atoms with Crippen molar-refractivity contribution in [1.29, 1.82) is 0 Å². The van der Waals surface area contributed by atoms with Crippen molar-refractivity contribution in [3.63, 3.8) is 0 Å². The Kier molecular flexibility index (Phi) is 6.12. The minimum atomic E-state index is 0.989. The van der Waals surface area contributed by atoms with Gasteiger partial charge in [-0.2, -0.15) is 0 Å². The maximum Gasteiger partial charge on any atom is 0.0702 e. The van der Waals surface area contributed by atoms with Gasteiger partial charge in [-0.3, -0.25) is 4.98 Å². The zero-order chi connectivity index (χ0) is 35.3. The summed E-state index contributed by atoms with van der Waals surface area (Å²) in [5.41, 5.74) is 20.0. The second-order valence-corrected chi connectivity index (χ2v) is 14.7. The second kappa shape index (κ2) is 11.2. The first-order chi connectivity index (χ1) is 26.8. The standard InChI is InChI=1S/C53H31N/c1-3-11-43-41(9-1)47-15-7-13-45-39(22-24-49(43)52(45)47)37-29-36(34-19-18-33-28-35(21-20-32(33)27-34)51-17-5-6-26-54-51)30-38(31-37)40-23-25-50-44-12-4-2-10-42(44)48-16-8-14-46(40)53(48)50/h1-31H. The molecule has 1 aromatic heterocycles. The maximum absolute atomic E-state index is 4.59. The number of hydrogen-bond donors (Lipinski definition) is 0. The second-order valence-electron chi connectivity index (χ2n) is 14.7. The fourth-order valence-electron chi connectivity index (χ4n) is 9.34. The molecule has 0 amide bonds. The predicted octanol–water partition coefficient (Wildman–Crippen LogP) is 14.5. The van der Waals surface area contributed by atoms with Gasteiger partial charge in [-0.1, -0.05) is 140 Å². The van der Waals surface area contributed by atoms with Crippen LogP contribution in [0.5, 0.6) is 0 Å². The van der Waals surface area contributed by atoms with Gasteiger partial charge in [-0.25, -0.2) is 0 Å². The molecular formula is C53H31N. The zero-order valence-electron chi connectivity index (χ0n) is 29.3. The van der Waals surface area contributed by atoms with Crippen LogP contribution in [-0.4, -0.2) is 4.98 Å². The fraction of sp³-hybridized carbons (Fsp3) is 0. The Morgan fingerprint density at radius 3 is 1.24 bits per heavy atom. The van der Waals surface area contributed by atoms with E-state index in [1.54, 1.807) is 0 Å². The van der Waals surface area contributed by atoms with E-state index >= 15 is 0 Å². The number of pyridine rings is 1. The van der Waals surface area contributed by atoms with Crippen molar-refractivity contribution in [2.45, 2.75) is 0 Å². The van der Waals surface area contributed by atoms with Gasteiger partial charge in [0, 0.05) is 11.8 Å². The summed E-state index contributed by atoms with van der Waals surface area (Å²) in [6, 6.07) is 67.5. The van der Waals surface area contributed by atoms with E-state index in [0.29, 0.717) is 0 Å². The predicted molar refractivity (Wildman–Crippen MR) is 227 cm³/mol. The van der Waals surface area contributed by atoms with Crippen LogP contribution in [0.2, 0.25) is 0 Å². The zero-order valence-corrected chi connectivity index (χ0v) is 29.3. The molecule has 0 saturated heterocycles. The average Bonchev–Trinajstić information content (AvgIpc) is 3.75. The third-order valence-corrected chi connectivity index (χ3v) is 11.8. The minimum absolute atomic E-state index is 0.989. The van der Waals surface area contributed by atoms with Crippen LogP contribution in [0.25, 0.3) is 121 Å². The third kappa shape index (κ3) is 4.24. The highest BCUT2D eigenvalue weighted by Gasteiger charge is 2.24. The molecule has 248 valence electrons. The number of benzene rings is 9. The molecule has 1 heteroatoms. The minimum Gasteiger partial charge on any atom is -0.256 e. The van der Waals surface area contributed by atoms with Crippen molar-refractivity contribution in [1.82, 2.24) is 4.98 Å². The van der Waals surface area contributed by atoms with Crippen LogP contribution < -0.4 is 0 Å². The van der Waals surface area contributed by atoms with E-state index in [4.69, 9.17) is 0 Å². The Labute approximate surface area is 313 Å². The van der Waals surface area contributed by atoms with Gasteiger partial charge < -0.3 is 0 Å². The summed E-state index contributed by atoms with van der Waals surface area (Å²) in [6.07, 6.45) is 1.86. The van der Waals surface area contributed by atoms with Crippen molar-refractivity contribution in [3.8, 4) is 89.1 Å². The fourth-order valence-corrected chi connectivity index (χ4v) is 9.34. The number of rotatable bonds is 4. The van der Waals surface area contributed by atoms with Crippen molar-refractivity contribution in [2.75, 3.05) is 0 Å². The summed E-state index contributed by atoms with van der Waals surface area (Å²) in [7, 11) is 0. The van der Waals surface area contributed by atoms with Crippen LogP contribution in [0.1, 0.15) is 0 Å². The number of fused-ring (bicyclic) bond motifs is 7. The molecule has 10 aromatic rings. The molecule has 0 N–H and O–H groups in total. The van der Waals surface area contributed by atoms with Crippen LogP contribution in [0.4, 0.5) is 0 Å². The molecule has 0 atom stereocenters. The lowest BCUT2D eigenvalue weighted by Crippen LogP contribution is -1.90. The highest BCUT2D eigenvalue weighted by molar-refractivity contribution is 6.20. The van der Waals surface area contributed by atoms with E-state index in [2.05, 4.69) is 175 Å². The highest BCUT2D eigenvalue weighted by Crippen LogP contribution is 2.52. The lowest BCUT2D eigenvalue weighted by molar-refractivity contribution is 1.33. The molecule has 0 spiro atoms. The van der Waals surface area contributed by atoms with Crippen LogP contribution >= 0.6 is 0 Å². The summed E-state index contributed by atoms with van der Waals surface area (Å²) in [5, 5.41) is 7.70. The summed E-state index contributed by atoms with van der Waals surface area (Å²) in [5.74, 6) is 0. The Bertz CT molecular complexity index is 2990. The molecule has 0 unspecified atom stereocenters. The van der Waals surface area contributed by atoms with Crippen LogP contribution in [0, 0.1) is 0 Å².